The molecule has 1 unspecified atom stereocenters. The third-order valence-corrected chi connectivity index (χ3v) is 3.61. The first-order valence-electron chi connectivity index (χ1n) is 6.83. The van der Waals surface area contributed by atoms with Gasteiger partial charge in [-0.2, -0.15) is 0 Å². The van der Waals surface area contributed by atoms with Crippen LogP contribution in [0.2, 0.25) is 0 Å². The van der Waals surface area contributed by atoms with E-state index in [1.165, 1.54) is 22.4 Å². The highest BCUT2D eigenvalue weighted by Gasteiger charge is 2.25. The van der Waals surface area contributed by atoms with E-state index in [2.05, 4.69) is 43.1 Å². The Balaban J connectivity index is 2.28. The molecule has 0 aromatic heterocycles. The fourth-order valence-electron chi connectivity index (χ4n) is 3.03. The quantitative estimate of drug-likeness (QED) is 0.861. The Morgan fingerprint density at radius 1 is 1.32 bits per heavy atom. The van der Waals surface area contributed by atoms with Crippen molar-refractivity contribution in [3.05, 3.63) is 28.8 Å². The van der Waals surface area contributed by atoms with Crippen LogP contribution in [0.25, 0.3) is 0 Å². The van der Waals surface area contributed by atoms with Crippen LogP contribution in [0.5, 0.6) is 0 Å². The fraction of sp³-hybridized carbons (Fsp3) is 0.533. The Bertz CT molecular complexity index is 461. The van der Waals surface area contributed by atoms with Crippen LogP contribution < -0.4 is 16.0 Å². The number of amides is 1. The third-order valence-electron chi connectivity index (χ3n) is 3.61. The Morgan fingerprint density at radius 2 is 1.95 bits per heavy atom. The number of hydrogen-bond donors (Lipinski definition) is 2. The molecule has 4 nitrogen and oxygen atoms in total. The van der Waals surface area contributed by atoms with Gasteiger partial charge in [0.05, 0.1) is 6.54 Å². The van der Waals surface area contributed by atoms with Crippen LogP contribution in [-0.4, -0.2) is 31.6 Å². The molecule has 1 aromatic carbocycles. The lowest BCUT2D eigenvalue weighted by Crippen LogP contribution is -2.55. The molecule has 0 bridgehead atoms. The second-order valence-electron chi connectivity index (χ2n) is 5.47. The molecule has 1 saturated heterocycles. The standard InChI is InChI=1S/C15H23N3O/c1-10-6-11(2)15(12(3)7-10)18-8-13(4-5-16)17-14(19)9-18/h6-7,13H,4-5,8-9,16H2,1-3H3,(H,17,19). The van der Waals surface area contributed by atoms with Gasteiger partial charge in [-0.25, -0.2) is 0 Å². The van der Waals surface area contributed by atoms with Crippen molar-refractivity contribution >= 4 is 11.6 Å². The second kappa shape index (κ2) is 5.61. The molecular weight excluding hydrogens is 238 g/mol. The van der Waals surface area contributed by atoms with Gasteiger partial charge in [0.2, 0.25) is 5.91 Å². The average molecular weight is 261 g/mol. The van der Waals surface area contributed by atoms with Crippen LogP contribution in [0.1, 0.15) is 23.1 Å². The van der Waals surface area contributed by atoms with Gasteiger partial charge in [0, 0.05) is 18.3 Å². The minimum atomic E-state index is 0.0871. The molecule has 104 valence electrons. The fourth-order valence-corrected chi connectivity index (χ4v) is 3.03. The van der Waals surface area contributed by atoms with Crippen LogP contribution in [-0.2, 0) is 4.79 Å². The SMILES string of the molecule is Cc1cc(C)c(N2CC(=O)NC(CCN)C2)c(C)c1. The van der Waals surface area contributed by atoms with E-state index in [1.54, 1.807) is 0 Å². The smallest absolute Gasteiger partial charge is 0.239 e. The molecule has 1 aliphatic heterocycles. The summed E-state index contributed by atoms with van der Waals surface area (Å²) in [7, 11) is 0. The largest absolute Gasteiger partial charge is 0.360 e. The molecule has 0 aliphatic carbocycles. The number of nitrogens with one attached hydrogen (secondary N) is 1. The summed E-state index contributed by atoms with van der Waals surface area (Å²) in [5.41, 5.74) is 10.5. The lowest BCUT2D eigenvalue weighted by molar-refractivity contribution is -0.121. The lowest BCUT2D eigenvalue weighted by Gasteiger charge is -2.36. The van der Waals surface area contributed by atoms with E-state index >= 15 is 0 Å². The Kier molecular flexibility index (Phi) is 4.10. The van der Waals surface area contributed by atoms with Crippen molar-refractivity contribution in [3.8, 4) is 0 Å². The van der Waals surface area contributed by atoms with Crippen LogP contribution in [0.15, 0.2) is 12.1 Å². The highest BCUT2D eigenvalue weighted by molar-refractivity contribution is 5.84. The number of aryl methyl sites for hydroxylation is 3. The number of anilines is 1. The summed E-state index contributed by atoms with van der Waals surface area (Å²) < 4.78 is 0. The highest BCUT2D eigenvalue weighted by Crippen LogP contribution is 2.27. The molecule has 0 spiro atoms. The van der Waals surface area contributed by atoms with Gasteiger partial charge in [-0.05, 0) is 44.9 Å². The van der Waals surface area contributed by atoms with E-state index < -0.39 is 0 Å². The Labute approximate surface area is 115 Å². The molecule has 19 heavy (non-hydrogen) atoms. The van der Waals surface area contributed by atoms with Crippen LogP contribution in [0, 0.1) is 20.8 Å². The second-order valence-corrected chi connectivity index (χ2v) is 5.47. The summed E-state index contributed by atoms with van der Waals surface area (Å²) in [4.78, 5) is 14.0. The predicted molar refractivity (Wildman–Crippen MR) is 78.5 cm³/mol. The molecule has 3 N–H and O–H groups in total. The van der Waals surface area contributed by atoms with Gasteiger partial charge in [0.25, 0.3) is 0 Å². The van der Waals surface area contributed by atoms with Crippen molar-refractivity contribution in [3.63, 3.8) is 0 Å². The number of benzene rings is 1. The molecular formula is C15H23N3O. The van der Waals surface area contributed by atoms with E-state index in [-0.39, 0.29) is 11.9 Å². The first kappa shape index (κ1) is 13.9. The highest BCUT2D eigenvalue weighted by atomic mass is 16.2. The van der Waals surface area contributed by atoms with E-state index in [4.69, 9.17) is 5.73 Å². The Hall–Kier alpha value is -1.55. The summed E-state index contributed by atoms with van der Waals surface area (Å²) in [6, 6.07) is 4.51. The first-order chi connectivity index (χ1) is 9.01. The number of carbonyl (C=O) groups excluding carboxylic acids is 1. The van der Waals surface area contributed by atoms with Gasteiger partial charge in [-0.15, -0.1) is 0 Å². The summed E-state index contributed by atoms with van der Waals surface area (Å²) in [5.74, 6) is 0.0871. The number of rotatable bonds is 3. The summed E-state index contributed by atoms with van der Waals surface area (Å²) in [5, 5.41) is 3.01. The Morgan fingerprint density at radius 3 is 2.53 bits per heavy atom. The van der Waals surface area contributed by atoms with Crippen molar-refractivity contribution in [1.82, 2.24) is 5.32 Å². The molecule has 1 heterocycles. The van der Waals surface area contributed by atoms with Crippen molar-refractivity contribution in [1.29, 1.82) is 0 Å². The zero-order valence-electron chi connectivity index (χ0n) is 12.0. The van der Waals surface area contributed by atoms with Gasteiger partial charge >= 0.3 is 0 Å². The minimum Gasteiger partial charge on any atom is -0.360 e. The van der Waals surface area contributed by atoms with Gasteiger partial charge in [-0.3, -0.25) is 4.79 Å². The van der Waals surface area contributed by atoms with Gasteiger partial charge in [0.1, 0.15) is 0 Å². The number of nitrogens with two attached hydrogens (primary N) is 1. The predicted octanol–water partition coefficient (Wildman–Crippen LogP) is 1.27. The van der Waals surface area contributed by atoms with Crippen molar-refractivity contribution in [2.75, 3.05) is 24.5 Å². The maximum absolute atomic E-state index is 11.8. The summed E-state index contributed by atoms with van der Waals surface area (Å²) >= 11 is 0. The molecule has 1 aromatic rings. The maximum Gasteiger partial charge on any atom is 0.239 e. The topological polar surface area (TPSA) is 58.4 Å². The molecule has 0 saturated carbocycles. The van der Waals surface area contributed by atoms with Crippen molar-refractivity contribution in [2.45, 2.75) is 33.2 Å². The number of hydrogen-bond acceptors (Lipinski definition) is 3. The zero-order chi connectivity index (χ0) is 14.0. The van der Waals surface area contributed by atoms with Gasteiger partial charge in [0.15, 0.2) is 0 Å². The van der Waals surface area contributed by atoms with E-state index in [9.17, 15) is 4.79 Å². The number of nitrogens with zero attached hydrogens (tertiary/aromatic N) is 1. The molecule has 4 heteroatoms. The summed E-state index contributed by atoms with van der Waals surface area (Å²) in [6.07, 6.45) is 0.826. The first-order valence-corrected chi connectivity index (χ1v) is 6.83. The third kappa shape index (κ3) is 3.07. The summed E-state index contributed by atoms with van der Waals surface area (Å²) in [6.45, 7) is 8.20. The molecule has 1 fully saturated rings. The van der Waals surface area contributed by atoms with Crippen LogP contribution in [0.4, 0.5) is 5.69 Å². The number of piperazine rings is 1. The van der Waals surface area contributed by atoms with Gasteiger partial charge in [-0.1, -0.05) is 17.7 Å². The molecule has 1 aliphatic rings. The van der Waals surface area contributed by atoms with Crippen LogP contribution >= 0.6 is 0 Å². The van der Waals surface area contributed by atoms with E-state index in [1.807, 2.05) is 0 Å². The normalized spacial score (nSPS) is 19.5. The minimum absolute atomic E-state index is 0.0871. The van der Waals surface area contributed by atoms with Crippen molar-refractivity contribution < 1.29 is 4.79 Å². The molecule has 1 atom stereocenters. The maximum atomic E-state index is 11.8. The number of carbonyl (C=O) groups is 1. The van der Waals surface area contributed by atoms with E-state index in [0.29, 0.717) is 13.1 Å². The molecule has 0 radical (unpaired) electrons. The van der Waals surface area contributed by atoms with Crippen LogP contribution in [0.3, 0.4) is 0 Å². The lowest BCUT2D eigenvalue weighted by atomic mass is 10.0. The van der Waals surface area contributed by atoms with E-state index in [0.717, 1.165) is 13.0 Å². The average Bonchev–Trinajstić information content (AvgIpc) is 2.26. The van der Waals surface area contributed by atoms with Gasteiger partial charge < -0.3 is 16.0 Å². The molecule has 1 amide bonds. The molecule has 2 rings (SSSR count). The van der Waals surface area contributed by atoms with Crippen molar-refractivity contribution in [2.24, 2.45) is 5.73 Å². The zero-order valence-corrected chi connectivity index (χ0v) is 12.0. The monoisotopic (exact) mass is 261 g/mol.